The molecule has 0 aromatic carbocycles. The van der Waals surface area contributed by atoms with Crippen molar-refractivity contribution >= 4 is 11.3 Å². The molecule has 2 aromatic rings. The fourth-order valence-corrected chi connectivity index (χ4v) is 2.88. The number of fused-ring (bicyclic) bond motifs is 3. The lowest BCUT2D eigenvalue weighted by Gasteiger charge is -2.28. The number of aromatic nitrogens is 1. The van der Waals surface area contributed by atoms with Crippen LogP contribution in [0.5, 0.6) is 0 Å². The van der Waals surface area contributed by atoms with Crippen molar-refractivity contribution in [3.63, 3.8) is 0 Å². The van der Waals surface area contributed by atoms with Crippen molar-refractivity contribution in [2.75, 3.05) is 0 Å². The topological polar surface area (TPSA) is 21.5 Å². The van der Waals surface area contributed by atoms with Gasteiger partial charge in [-0.1, -0.05) is 19.9 Å². The van der Waals surface area contributed by atoms with E-state index < -0.39 is 0 Å². The van der Waals surface area contributed by atoms with Gasteiger partial charge in [0.1, 0.15) is 0 Å². The largest absolute Gasteiger partial charge is 0.320 e. The summed E-state index contributed by atoms with van der Waals surface area (Å²) in [6.07, 6.45) is 4.00. The Kier molecular flexibility index (Phi) is 2.00. The molecule has 0 saturated heterocycles. The van der Waals surface area contributed by atoms with Gasteiger partial charge in [-0.05, 0) is 37.5 Å². The number of aryl methyl sites for hydroxylation is 2. The van der Waals surface area contributed by atoms with E-state index in [9.17, 15) is 4.79 Å². The monoisotopic (exact) mass is 227 g/mol. The molecule has 1 aliphatic rings. The molecule has 3 rings (SSSR count). The minimum atomic E-state index is -0.206. The van der Waals surface area contributed by atoms with Crippen molar-refractivity contribution < 1.29 is 4.79 Å². The van der Waals surface area contributed by atoms with E-state index in [2.05, 4.69) is 37.4 Å². The van der Waals surface area contributed by atoms with E-state index in [1.807, 2.05) is 12.1 Å². The number of rotatable bonds is 0. The van der Waals surface area contributed by atoms with Gasteiger partial charge in [-0.2, -0.15) is 0 Å². The van der Waals surface area contributed by atoms with Crippen LogP contribution in [0.25, 0.3) is 5.52 Å². The SMILES string of the molecule is Cc1c2c(n3ccccc13)CCC(C)(C)C2=O. The van der Waals surface area contributed by atoms with Crippen LogP contribution in [0.3, 0.4) is 0 Å². The van der Waals surface area contributed by atoms with Crippen molar-refractivity contribution in [3.05, 3.63) is 41.2 Å². The summed E-state index contributed by atoms with van der Waals surface area (Å²) in [5.41, 5.74) is 4.26. The Morgan fingerprint density at radius 1 is 1.29 bits per heavy atom. The molecule has 0 radical (unpaired) electrons. The zero-order valence-electron chi connectivity index (χ0n) is 10.6. The fourth-order valence-electron chi connectivity index (χ4n) is 2.88. The summed E-state index contributed by atoms with van der Waals surface area (Å²) in [7, 11) is 0. The summed E-state index contributed by atoms with van der Waals surface area (Å²) in [4.78, 5) is 12.5. The standard InChI is InChI=1S/C15H17NO/c1-10-11-6-4-5-9-16(11)12-7-8-15(2,3)14(17)13(10)12/h4-6,9H,7-8H2,1-3H3. The summed E-state index contributed by atoms with van der Waals surface area (Å²) in [5.74, 6) is 0.306. The zero-order chi connectivity index (χ0) is 12.2. The summed E-state index contributed by atoms with van der Waals surface area (Å²) >= 11 is 0. The number of pyridine rings is 1. The summed E-state index contributed by atoms with van der Waals surface area (Å²) in [6.45, 7) is 6.17. The van der Waals surface area contributed by atoms with E-state index in [4.69, 9.17) is 0 Å². The van der Waals surface area contributed by atoms with E-state index in [0.29, 0.717) is 5.78 Å². The minimum absolute atomic E-state index is 0.206. The second-order valence-electron chi connectivity index (χ2n) is 5.62. The van der Waals surface area contributed by atoms with Gasteiger partial charge in [-0.25, -0.2) is 0 Å². The van der Waals surface area contributed by atoms with Crippen LogP contribution in [0, 0.1) is 12.3 Å². The third kappa shape index (κ3) is 1.30. The number of Topliss-reactive ketones (excluding diaryl/α,β-unsaturated/α-hetero) is 1. The molecule has 0 atom stereocenters. The molecule has 17 heavy (non-hydrogen) atoms. The molecule has 1 aliphatic carbocycles. The average Bonchev–Trinajstić information content (AvgIpc) is 2.59. The smallest absolute Gasteiger partial charge is 0.170 e. The van der Waals surface area contributed by atoms with Crippen LogP contribution in [0.15, 0.2) is 24.4 Å². The zero-order valence-corrected chi connectivity index (χ0v) is 10.6. The lowest BCUT2D eigenvalue weighted by atomic mass is 9.74. The number of carbonyl (C=O) groups is 1. The molecule has 2 heteroatoms. The maximum Gasteiger partial charge on any atom is 0.170 e. The quantitative estimate of drug-likeness (QED) is 0.676. The fraction of sp³-hybridized carbons (Fsp3) is 0.400. The highest BCUT2D eigenvalue weighted by Gasteiger charge is 2.37. The summed E-state index contributed by atoms with van der Waals surface area (Å²) < 4.78 is 2.18. The van der Waals surface area contributed by atoms with Crippen molar-refractivity contribution in [2.45, 2.75) is 33.6 Å². The lowest BCUT2D eigenvalue weighted by Crippen LogP contribution is -2.30. The van der Waals surface area contributed by atoms with Crippen LogP contribution in [-0.2, 0) is 6.42 Å². The Morgan fingerprint density at radius 2 is 2.06 bits per heavy atom. The highest BCUT2D eigenvalue weighted by atomic mass is 16.1. The van der Waals surface area contributed by atoms with Crippen molar-refractivity contribution in [1.29, 1.82) is 0 Å². The number of nitrogens with zero attached hydrogens (tertiary/aromatic N) is 1. The van der Waals surface area contributed by atoms with Crippen LogP contribution in [0.4, 0.5) is 0 Å². The maximum absolute atomic E-state index is 12.5. The summed E-state index contributed by atoms with van der Waals surface area (Å²) in [6, 6.07) is 6.15. The van der Waals surface area contributed by atoms with Gasteiger partial charge in [0.05, 0.1) is 0 Å². The van der Waals surface area contributed by atoms with Gasteiger partial charge in [-0.3, -0.25) is 4.79 Å². The van der Waals surface area contributed by atoms with Crippen molar-refractivity contribution in [1.82, 2.24) is 4.40 Å². The molecule has 2 heterocycles. The minimum Gasteiger partial charge on any atom is -0.320 e. The van der Waals surface area contributed by atoms with Gasteiger partial charge >= 0.3 is 0 Å². The predicted octanol–water partition coefficient (Wildman–Crippen LogP) is 3.40. The Balaban J connectivity index is 2.37. The first-order chi connectivity index (χ1) is 8.02. The second-order valence-corrected chi connectivity index (χ2v) is 5.62. The van der Waals surface area contributed by atoms with Gasteiger partial charge in [0.15, 0.2) is 5.78 Å². The first-order valence-corrected chi connectivity index (χ1v) is 6.16. The van der Waals surface area contributed by atoms with Crippen molar-refractivity contribution in [2.24, 2.45) is 5.41 Å². The molecule has 0 fully saturated rings. The van der Waals surface area contributed by atoms with Gasteiger partial charge < -0.3 is 4.40 Å². The first-order valence-electron chi connectivity index (χ1n) is 6.16. The molecule has 0 aliphatic heterocycles. The van der Waals surface area contributed by atoms with Gasteiger partial charge in [-0.15, -0.1) is 0 Å². The molecule has 0 unspecified atom stereocenters. The first kappa shape index (κ1) is 10.6. The molecule has 0 spiro atoms. The van der Waals surface area contributed by atoms with E-state index >= 15 is 0 Å². The molecule has 0 saturated carbocycles. The normalized spacial score (nSPS) is 18.4. The summed E-state index contributed by atoms with van der Waals surface area (Å²) in [5, 5.41) is 0. The Labute approximate surface area is 101 Å². The predicted molar refractivity (Wildman–Crippen MR) is 68.6 cm³/mol. The maximum atomic E-state index is 12.5. The van der Waals surface area contributed by atoms with Crippen LogP contribution in [-0.4, -0.2) is 10.2 Å². The number of hydrogen-bond donors (Lipinski definition) is 0. The third-order valence-electron chi connectivity index (χ3n) is 4.03. The van der Waals surface area contributed by atoms with Crippen LogP contribution in [0.2, 0.25) is 0 Å². The molecule has 0 bridgehead atoms. The van der Waals surface area contributed by atoms with Gasteiger partial charge in [0.2, 0.25) is 0 Å². The van der Waals surface area contributed by atoms with Gasteiger partial charge in [0, 0.05) is 28.4 Å². The highest BCUT2D eigenvalue weighted by molar-refractivity contribution is 6.05. The highest BCUT2D eigenvalue weighted by Crippen LogP contribution is 2.38. The Bertz CT molecular complexity index is 619. The molecule has 2 aromatic heterocycles. The lowest BCUT2D eigenvalue weighted by molar-refractivity contribution is 0.0809. The molecule has 0 N–H and O–H groups in total. The van der Waals surface area contributed by atoms with Crippen LogP contribution >= 0.6 is 0 Å². The number of hydrogen-bond acceptors (Lipinski definition) is 1. The van der Waals surface area contributed by atoms with Gasteiger partial charge in [0.25, 0.3) is 0 Å². The third-order valence-corrected chi connectivity index (χ3v) is 4.03. The van der Waals surface area contributed by atoms with Crippen LogP contribution in [0.1, 0.15) is 41.9 Å². The van der Waals surface area contributed by atoms with Crippen molar-refractivity contribution in [3.8, 4) is 0 Å². The molecular weight excluding hydrogens is 210 g/mol. The molecular formula is C15H17NO. The van der Waals surface area contributed by atoms with E-state index in [-0.39, 0.29) is 5.41 Å². The molecule has 0 amide bonds. The Hall–Kier alpha value is -1.57. The second kappa shape index (κ2) is 3.22. The van der Waals surface area contributed by atoms with E-state index in [0.717, 1.165) is 24.0 Å². The van der Waals surface area contributed by atoms with E-state index in [1.54, 1.807) is 0 Å². The Morgan fingerprint density at radius 3 is 2.82 bits per heavy atom. The molecule has 2 nitrogen and oxygen atoms in total. The average molecular weight is 227 g/mol. The van der Waals surface area contributed by atoms with E-state index in [1.165, 1.54) is 11.2 Å². The molecule has 88 valence electrons. The number of ketones is 1. The number of carbonyl (C=O) groups excluding carboxylic acids is 1. The van der Waals surface area contributed by atoms with Crippen LogP contribution < -0.4 is 0 Å².